The minimum absolute atomic E-state index is 0.489. The molecule has 0 aromatic rings. The fourth-order valence-corrected chi connectivity index (χ4v) is 2.78. The summed E-state index contributed by atoms with van der Waals surface area (Å²) >= 11 is 0. The summed E-state index contributed by atoms with van der Waals surface area (Å²) < 4.78 is 0. The van der Waals surface area contributed by atoms with E-state index in [2.05, 4.69) is 12.2 Å². The molecule has 0 aromatic carbocycles. The largest absolute Gasteiger partial charge is 0.389 e. The SMILES string of the molecule is CC1CCCC(C(C)(O)CNC2CC2)C1. The van der Waals surface area contributed by atoms with Crippen LogP contribution in [0.2, 0.25) is 0 Å². The molecule has 2 rings (SSSR count). The van der Waals surface area contributed by atoms with Gasteiger partial charge in [0.25, 0.3) is 0 Å². The molecule has 0 spiro atoms. The molecule has 2 N–H and O–H groups in total. The molecule has 2 saturated carbocycles. The van der Waals surface area contributed by atoms with Gasteiger partial charge in [0, 0.05) is 12.6 Å². The Balaban J connectivity index is 1.81. The van der Waals surface area contributed by atoms with E-state index in [4.69, 9.17) is 0 Å². The highest BCUT2D eigenvalue weighted by atomic mass is 16.3. The Morgan fingerprint density at radius 2 is 2.00 bits per heavy atom. The van der Waals surface area contributed by atoms with Crippen molar-refractivity contribution in [2.75, 3.05) is 6.54 Å². The molecule has 0 bridgehead atoms. The Morgan fingerprint density at radius 1 is 1.27 bits per heavy atom. The van der Waals surface area contributed by atoms with Crippen LogP contribution in [0.15, 0.2) is 0 Å². The van der Waals surface area contributed by atoms with E-state index in [1.165, 1.54) is 38.5 Å². The average molecular weight is 211 g/mol. The lowest BCUT2D eigenvalue weighted by Crippen LogP contribution is -2.46. The molecule has 0 amide bonds. The maximum absolute atomic E-state index is 10.5. The lowest BCUT2D eigenvalue weighted by Gasteiger charge is -2.38. The predicted octanol–water partition coefficient (Wildman–Crippen LogP) is 2.32. The molecule has 0 aromatic heterocycles. The summed E-state index contributed by atoms with van der Waals surface area (Å²) in [6, 6.07) is 0.706. The van der Waals surface area contributed by atoms with Gasteiger partial charge in [-0.1, -0.05) is 19.8 Å². The van der Waals surface area contributed by atoms with Gasteiger partial charge in [0.1, 0.15) is 0 Å². The third kappa shape index (κ3) is 3.18. The number of rotatable bonds is 4. The van der Waals surface area contributed by atoms with E-state index in [1.807, 2.05) is 6.92 Å². The van der Waals surface area contributed by atoms with Gasteiger partial charge in [-0.3, -0.25) is 0 Å². The van der Waals surface area contributed by atoms with Crippen molar-refractivity contribution in [2.45, 2.75) is 64.0 Å². The molecular weight excluding hydrogens is 186 g/mol. The van der Waals surface area contributed by atoms with Crippen LogP contribution in [0, 0.1) is 11.8 Å². The smallest absolute Gasteiger partial charge is 0.0771 e. The molecule has 88 valence electrons. The van der Waals surface area contributed by atoms with Gasteiger partial charge in [-0.05, 0) is 44.4 Å². The van der Waals surface area contributed by atoms with E-state index in [0.717, 1.165) is 12.5 Å². The minimum Gasteiger partial charge on any atom is -0.389 e. The highest BCUT2D eigenvalue weighted by Crippen LogP contribution is 2.35. The third-order valence-corrected chi connectivity index (χ3v) is 4.14. The summed E-state index contributed by atoms with van der Waals surface area (Å²) in [6.07, 6.45) is 7.67. The van der Waals surface area contributed by atoms with Gasteiger partial charge in [-0.15, -0.1) is 0 Å². The van der Waals surface area contributed by atoms with Crippen LogP contribution in [0.4, 0.5) is 0 Å². The van der Waals surface area contributed by atoms with Gasteiger partial charge in [-0.25, -0.2) is 0 Å². The third-order valence-electron chi connectivity index (χ3n) is 4.14. The molecule has 0 radical (unpaired) electrons. The molecule has 3 atom stereocenters. The molecule has 2 aliphatic carbocycles. The molecule has 0 heterocycles. The fourth-order valence-electron chi connectivity index (χ4n) is 2.78. The molecular formula is C13H25NO. The van der Waals surface area contributed by atoms with Crippen molar-refractivity contribution in [1.29, 1.82) is 0 Å². The van der Waals surface area contributed by atoms with Gasteiger partial charge < -0.3 is 10.4 Å². The summed E-state index contributed by atoms with van der Waals surface area (Å²) in [5.41, 5.74) is -0.489. The Morgan fingerprint density at radius 3 is 2.60 bits per heavy atom. The average Bonchev–Trinajstić information content (AvgIpc) is 2.98. The predicted molar refractivity (Wildman–Crippen MR) is 62.8 cm³/mol. The van der Waals surface area contributed by atoms with E-state index >= 15 is 0 Å². The van der Waals surface area contributed by atoms with Crippen molar-refractivity contribution in [3.63, 3.8) is 0 Å². The summed E-state index contributed by atoms with van der Waals surface area (Å²) in [4.78, 5) is 0. The van der Waals surface area contributed by atoms with Crippen LogP contribution in [0.5, 0.6) is 0 Å². The Bertz CT molecular complexity index is 211. The topological polar surface area (TPSA) is 32.3 Å². The van der Waals surface area contributed by atoms with E-state index in [0.29, 0.717) is 12.0 Å². The van der Waals surface area contributed by atoms with Crippen LogP contribution in [0.3, 0.4) is 0 Å². The monoisotopic (exact) mass is 211 g/mol. The molecule has 3 unspecified atom stereocenters. The highest BCUT2D eigenvalue weighted by molar-refractivity contribution is 4.91. The van der Waals surface area contributed by atoms with Crippen molar-refractivity contribution in [2.24, 2.45) is 11.8 Å². The van der Waals surface area contributed by atoms with Crippen LogP contribution in [0.1, 0.15) is 52.4 Å². The standard InChI is InChI=1S/C13H25NO/c1-10-4-3-5-11(8-10)13(2,15)9-14-12-6-7-12/h10-12,14-15H,3-9H2,1-2H3. The number of nitrogens with one attached hydrogen (secondary N) is 1. The van der Waals surface area contributed by atoms with Crippen LogP contribution in [-0.4, -0.2) is 23.3 Å². The van der Waals surface area contributed by atoms with Gasteiger partial charge in [0.05, 0.1) is 5.60 Å². The molecule has 2 heteroatoms. The molecule has 2 fully saturated rings. The van der Waals surface area contributed by atoms with E-state index in [9.17, 15) is 5.11 Å². The molecule has 2 aliphatic rings. The normalized spacial score (nSPS) is 36.2. The zero-order valence-electron chi connectivity index (χ0n) is 10.1. The molecule has 15 heavy (non-hydrogen) atoms. The second-order valence-corrected chi connectivity index (χ2v) is 5.98. The van der Waals surface area contributed by atoms with Gasteiger partial charge in [0.15, 0.2) is 0 Å². The summed E-state index contributed by atoms with van der Waals surface area (Å²) in [5, 5.41) is 13.9. The highest BCUT2D eigenvalue weighted by Gasteiger charge is 2.35. The van der Waals surface area contributed by atoms with Crippen LogP contribution >= 0.6 is 0 Å². The van der Waals surface area contributed by atoms with Crippen molar-refractivity contribution in [3.8, 4) is 0 Å². The van der Waals surface area contributed by atoms with Crippen LogP contribution in [0.25, 0.3) is 0 Å². The second-order valence-electron chi connectivity index (χ2n) is 5.98. The zero-order chi connectivity index (χ0) is 10.9. The maximum Gasteiger partial charge on any atom is 0.0771 e. The Hall–Kier alpha value is -0.0800. The number of aliphatic hydroxyl groups is 1. The van der Waals surface area contributed by atoms with Crippen LogP contribution in [-0.2, 0) is 0 Å². The van der Waals surface area contributed by atoms with Gasteiger partial charge >= 0.3 is 0 Å². The maximum atomic E-state index is 10.5. The van der Waals surface area contributed by atoms with E-state index < -0.39 is 5.60 Å². The fraction of sp³-hybridized carbons (Fsp3) is 1.00. The summed E-state index contributed by atoms with van der Waals surface area (Å²) in [7, 11) is 0. The van der Waals surface area contributed by atoms with Crippen molar-refractivity contribution in [3.05, 3.63) is 0 Å². The quantitative estimate of drug-likeness (QED) is 0.748. The molecule has 0 aliphatic heterocycles. The molecule has 2 nitrogen and oxygen atoms in total. The Kier molecular flexibility index (Phi) is 3.36. The second kappa shape index (κ2) is 4.42. The minimum atomic E-state index is -0.489. The van der Waals surface area contributed by atoms with E-state index in [-0.39, 0.29) is 0 Å². The van der Waals surface area contributed by atoms with Crippen LogP contribution < -0.4 is 5.32 Å². The Labute approximate surface area is 93.5 Å². The summed E-state index contributed by atoms with van der Waals surface area (Å²) in [6.45, 7) is 5.12. The van der Waals surface area contributed by atoms with Crippen molar-refractivity contribution >= 4 is 0 Å². The van der Waals surface area contributed by atoms with Crippen molar-refractivity contribution in [1.82, 2.24) is 5.32 Å². The molecule has 0 saturated heterocycles. The zero-order valence-corrected chi connectivity index (χ0v) is 10.1. The first-order valence-electron chi connectivity index (χ1n) is 6.53. The first-order chi connectivity index (χ1) is 7.08. The number of hydrogen-bond acceptors (Lipinski definition) is 2. The number of hydrogen-bond donors (Lipinski definition) is 2. The lowest BCUT2D eigenvalue weighted by atomic mass is 9.74. The first-order valence-corrected chi connectivity index (χ1v) is 6.53. The van der Waals surface area contributed by atoms with E-state index in [1.54, 1.807) is 0 Å². The lowest BCUT2D eigenvalue weighted by molar-refractivity contribution is -0.0232. The first kappa shape index (κ1) is 11.4. The van der Waals surface area contributed by atoms with Crippen molar-refractivity contribution < 1.29 is 5.11 Å². The van der Waals surface area contributed by atoms with Gasteiger partial charge in [0.2, 0.25) is 0 Å². The van der Waals surface area contributed by atoms with Gasteiger partial charge in [-0.2, -0.15) is 0 Å². The summed E-state index contributed by atoms with van der Waals surface area (Å²) in [5.74, 6) is 1.31.